The Labute approximate surface area is 115 Å². The first-order valence-corrected chi connectivity index (χ1v) is 7.16. The first-order valence-electron chi connectivity index (χ1n) is 7.16. The Morgan fingerprint density at radius 2 is 1.89 bits per heavy atom. The van der Waals surface area contributed by atoms with Crippen LogP contribution in [0.3, 0.4) is 0 Å². The number of hydrogen-bond donors (Lipinski definition) is 2. The van der Waals surface area contributed by atoms with Gasteiger partial charge in [-0.3, -0.25) is 0 Å². The molecule has 1 aromatic carbocycles. The van der Waals surface area contributed by atoms with Gasteiger partial charge in [-0.15, -0.1) is 0 Å². The Bertz CT molecular complexity index is 407. The maximum Gasteiger partial charge on any atom is 0.0804 e. The third-order valence-electron chi connectivity index (χ3n) is 4.20. The third kappa shape index (κ3) is 4.03. The van der Waals surface area contributed by atoms with Crippen LogP contribution in [0.2, 0.25) is 0 Å². The molecular formula is C16H25NO2. The summed E-state index contributed by atoms with van der Waals surface area (Å²) in [5.74, 6) is 0. The molecule has 1 fully saturated rings. The van der Waals surface area contributed by atoms with Crippen molar-refractivity contribution in [1.29, 1.82) is 0 Å². The number of hydrogen-bond acceptors (Lipinski definition) is 3. The second kappa shape index (κ2) is 6.04. The smallest absolute Gasteiger partial charge is 0.0804 e. The van der Waals surface area contributed by atoms with E-state index in [0.717, 1.165) is 50.0 Å². The Hall–Kier alpha value is -0.900. The summed E-state index contributed by atoms with van der Waals surface area (Å²) < 4.78 is 0. The largest absolute Gasteiger partial charge is 0.390 e. The van der Waals surface area contributed by atoms with Crippen LogP contribution < -0.4 is 0 Å². The van der Waals surface area contributed by atoms with E-state index in [9.17, 15) is 10.2 Å². The van der Waals surface area contributed by atoms with Crippen LogP contribution in [-0.4, -0.2) is 40.3 Å². The highest BCUT2D eigenvalue weighted by atomic mass is 16.3. The van der Waals surface area contributed by atoms with E-state index < -0.39 is 5.60 Å². The molecule has 0 amide bonds. The Kier molecular flexibility index (Phi) is 4.61. The maximum atomic E-state index is 10.3. The summed E-state index contributed by atoms with van der Waals surface area (Å²) in [4.78, 5) is 2.33. The number of piperidine rings is 1. The topological polar surface area (TPSA) is 43.7 Å². The molecule has 2 N–H and O–H groups in total. The molecule has 0 saturated carbocycles. The van der Waals surface area contributed by atoms with Gasteiger partial charge in [0.2, 0.25) is 0 Å². The molecule has 2 rings (SSSR count). The molecule has 19 heavy (non-hydrogen) atoms. The fourth-order valence-electron chi connectivity index (χ4n) is 2.68. The highest BCUT2D eigenvalue weighted by Gasteiger charge is 2.27. The Morgan fingerprint density at radius 3 is 2.53 bits per heavy atom. The van der Waals surface area contributed by atoms with Crippen molar-refractivity contribution in [3.05, 3.63) is 35.4 Å². The number of aryl methyl sites for hydroxylation is 1. The zero-order valence-electron chi connectivity index (χ0n) is 12.0. The van der Waals surface area contributed by atoms with Gasteiger partial charge in [0, 0.05) is 19.6 Å². The van der Waals surface area contributed by atoms with Gasteiger partial charge < -0.3 is 15.1 Å². The van der Waals surface area contributed by atoms with Gasteiger partial charge >= 0.3 is 0 Å². The van der Waals surface area contributed by atoms with Gasteiger partial charge in [-0.05, 0) is 44.2 Å². The summed E-state index contributed by atoms with van der Waals surface area (Å²) in [7, 11) is 0. The number of nitrogens with zero attached hydrogens (tertiary/aromatic N) is 1. The maximum absolute atomic E-state index is 10.3. The Morgan fingerprint density at radius 1 is 1.26 bits per heavy atom. The Balaban J connectivity index is 1.82. The summed E-state index contributed by atoms with van der Waals surface area (Å²) in [5.41, 5.74) is 1.69. The fourth-order valence-corrected chi connectivity index (χ4v) is 2.68. The molecule has 1 saturated heterocycles. The van der Waals surface area contributed by atoms with Crippen LogP contribution in [0.15, 0.2) is 24.3 Å². The molecule has 0 spiro atoms. The van der Waals surface area contributed by atoms with E-state index in [4.69, 9.17) is 0 Å². The normalized spacial score (nSPS) is 21.3. The predicted molar refractivity (Wildman–Crippen MR) is 77.1 cm³/mol. The second-order valence-corrected chi connectivity index (χ2v) is 6.00. The van der Waals surface area contributed by atoms with Gasteiger partial charge in [0.05, 0.1) is 11.7 Å². The van der Waals surface area contributed by atoms with E-state index in [-0.39, 0.29) is 6.10 Å². The predicted octanol–water partition coefficient (Wildman–Crippen LogP) is 2.27. The highest BCUT2D eigenvalue weighted by molar-refractivity contribution is 5.27. The standard InChI is InChI=1S/C16H25NO2/c1-13-5-3-4-6-14(13)15(18)7-10-17-11-8-16(2,19)9-12-17/h3-6,15,18-19H,7-12H2,1-2H3. The third-order valence-corrected chi connectivity index (χ3v) is 4.20. The lowest BCUT2D eigenvalue weighted by Gasteiger charge is -2.36. The molecule has 0 radical (unpaired) electrons. The van der Waals surface area contributed by atoms with E-state index in [1.807, 2.05) is 38.1 Å². The molecule has 0 bridgehead atoms. The summed E-state index contributed by atoms with van der Waals surface area (Å²) in [6.45, 7) is 6.69. The van der Waals surface area contributed by atoms with Crippen molar-refractivity contribution in [2.24, 2.45) is 0 Å². The molecule has 3 nitrogen and oxygen atoms in total. The average molecular weight is 263 g/mol. The van der Waals surface area contributed by atoms with Crippen molar-refractivity contribution >= 4 is 0 Å². The van der Waals surface area contributed by atoms with Gasteiger partial charge in [-0.1, -0.05) is 24.3 Å². The summed E-state index contributed by atoms with van der Waals surface area (Å²) in [5, 5.41) is 20.2. The van der Waals surface area contributed by atoms with Crippen LogP contribution in [0.25, 0.3) is 0 Å². The van der Waals surface area contributed by atoms with Gasteiger partial charge in [0.1, 0.15) is 0 Å². The minimum Gasteiger partial charge on any atom is -0.390 e. The monoisotopic (exact) mass is 263 g/mol. The van der Waals surface area contributed by atoms with Gasteiger partial charge in [-0.25, -0.2) is 0 Å². The molecule has 1 aliphatic rings. The molecule has 106 valence electrons. The molecule has 1 aromatic rings. The molecule has 1 atom stereocenters. The fraction of sp³-hybridized carbons (Fsp3) is 0.625. The molecule has 1 unspecified atom stereocenters. The van der Waals surface area contributed by atoms with Crippen molar-refractivity contribution in [2.75, 3.05) is 19.6 Å². The van der Waals surface area contributed by atoms with Crippen LogP contribution in [0, 0.1) is 6.92 Å². The van der Waals surface area contributed by atoms with E-state index in [1.165, 1.54) is 0 Å². The molecule has 1 aliphatic heterocycles. The second-order valence-electron chi connectivity index (χ2n) is 6.00. The number of rotatable bonds is 4. The minimum absolute atomic E-state index is 0.386. The first-order chi connectivity index (χ1) is 8.98. The van der Waals surface area contributed by atoms with E-state index in [1.54, 1.807) is 0 Å². The van der Waals surface area contributed by atoms with E-state index in [2.05, 4.69) is 4.90 Å². The van der Waals surface area contributed by atoms with Gasteiger partial charge in [-0.2, -0.15) is 0 Å². The van der Waals surface area contributed by atoms with E-state index >= 15 is 0 Å². The quantitative estimate of drug-likeness (QED) is 0.876. The van der Waals surface area contributed by atoms with Gasteiger partial charge in [0.25, 0.3) is 0 Å². The summed E-state index contributed by atoms with van der Waals surface area (Å²) in [6.07, 6.45) is 2.03. The van der Waals surface area contributed by atoms with Crippen molar-refractivity contribution in [2.45, 2.75) is 44.8 Å². The molecule has 0 aliphatic carbocycles. The van der Waals surface area contributed by atoms with Crippen molar-refractivity contribution < 1.29 is 10.2 Å². The number of likely N-dealkylation sites (tertiary alicyclic amines) is 1. The average Bonchev–Trinajstić information content (AvgIpc) is 2.38. The molecule has 3 heteroatoms. The zero-order valence-corrected chi connectivity index (χ0v) is 12.0. The van der Waals surface area contributed by atoms with Crippen LogP contribution in [0.4, 0.5) is 0 Å². The molecule has 0 aromatic heterocycles. The van der Waals surface area contributed by atoms with Crippen molar-refractivity contribution in [1.82, 2.24) is 4.90 Å². The lowest BCUT2D eigenvalue weighted by Crippen LogP contribution is -2.42. The number of aliphatic hydroxyl groups excluding tert-OH is 1. The van der Waals surface area contributed by atoms with Crippen LogP contribution in [0.1, 0.15) is 43.4 Å². The van der Waals surface area contributed by atoms with Gasteiger partial charge in [0.15, 0.2) is 0 Å². The summed E-state index contributed by atoms with van der Waals surface area (Å²) in [6, 6.07) is 8.01. The van der Waals surface area contributed by atoms with Crippen molar-refractivity contribution in [3.8, 4) is 0 Å². The highest BCUT2D eigenvalue weighted by Crippen LogP contribution is 2.24. The van der Waals surface area contributed by atoms with E-state index in [0.29, 0.717) is 0 Å². The van der Waals surface area contributed by atoms with Crippen molar-refractivity contribution in [3.63, 3.8) is 0 Å². The lowest BCUT2D eigenvalue weighted by atomic mass is 9.93. The lowest BCUT2D eigenvalue weighted by molar-refractivity contribution is -0.00814. The molecular weight excluding hydrogens is 238 g/mol. The minimum atomic E-state index is -0.495. The summed E-state index contributed by atoms with van der Waals surface area (Å²) >= 11 is 0. The van der Waals surface area contributed by atoms with Crippen LogP contribution in [-0.2, 0) is 0 Å². The first kappa shape index (κ1) is 14.5. The van der Waals surface area contributed by atoms with Crippen LogP contribution >= 0.6 is 0 Å². The zero-order chi connectivity index (χ0) is 13.9. The number of benzene rings is 1. The van der Waals surface area contributed by atoms with Crippen LogP contribution in [0.5, 0.6) is 0 Å². The SMILES string of the molecule is Cc1ccccc1C(O)CCN1CCC(C)(O)CC1. The molecule has 1 heterocycles. The number of aliphatic hydroxyl groups is 2.